The number of guanidine groups is 1. The fourth-order valence-corrected chi connectivity index (χ4v) is 5.01. The predicted octanol–water partition coefficient (Wildman–Crippen LogP) is 2.16. The van der Waals surface area contributed by atoms with Crippen LogP contribution in [0.5, 0.6) is 0 Å². The lowest BCUT2D eigenvalue weighted by atomic mass is 10.0. The molecule has 1 heterocycles. The first-order chi connectivity index (χ1) is 13.9. The fraction of sp³-hybridized carbons (Fsp3) is 0.667. The number of ether oxygens (including phenoxy) is 1. The number of nitrogens with zero attached hydrogens (tertiary/aromatic N) is 2. The van der Waals surface area contributed by atoms with Gasteiger partial charge in [-0.3, -0.25) is 9.89 Å². The minimum absolute atomic E-state index is 0. The van der Waals surface area contributed by atoms with Gasteiger partial charge in [0.1, 0.15) is 0 Å². The maximum absolute atomic E-state index is 12.8. The summed E-state index contributed by atoms with van der Waals surface area (Å²) in [7, 11) is -1.91. The van der Waals surface area contributed by atoms with Gasteiger partial charge in [-0.2, -0.15) is 0 Å². The molecule has 31 heavy (non-hydrogen) atoms. The second kappa shape index (κ2) is 11.8. The van der Waals surface area contributed by atoms with E-state index in [0.29, 0.717) is 24.6 Å². The first-order valence-corrected chi connectivity index (χ1v) is 11.8. The average molecular weight is 568 g/mol. The number of benzene rings is 1. The summed E-state index contributed by atoms with van der Waals surface area (Å²) in [5, 5.41) is 6.61. The van der Waals surface area contributed by atoms with Crippen LogP contribution in [0.3, 0.4) is 0 Å². The lowest BCUT2D eigenvalue weighted by molar-refractivity contribution is -0.00834. The van der Waals surface area contributed by atoms with Gasteiger partial charge in [-0.25, -0.2) is 13.1 Å². The highest BCUT2D eigenvalue weighted by Gasteiger charge is 2.28. The van der Waals surface area contributed by atoms with Crippen LogP contribution in [0.15, 0.2) is 34.2 Å². The molecule has 178 valence electrons. The topological polar surface area (TPSA) is 95.1 Å². The largest absolute Gasteiger partial charge is 0.379 e. The number of nitrogens with one attached hydrogen (secondary N) is 3. The molecule has 0 bridgehead atoms. The van der Waals surface area contributed by atoms with Crippen molar-refractivity contribution >= 4 is 40.0 Å². The van der Waals surface area contributed by atoms with Crippen LogP contribution < -0.4 is 15.4 Å². The molecule has 1 aliphatic rings. The highest BCUT2D eigenvalue weighted by molar-refractivity contribution is 14.0. The van der Waals surface area contributed by atoms with Gasteiger partial charge in [-0.1, -0.05) is 18.2 Å². The Balaban J connectivity index is 0.00000480. The van der Waals surface area contributed by atoms with Crippen LogP contribution >= 0.6 is 24.0 Å². The Kier molecular flexibility index (Phi) is 10.7. The number of morpholine rings is 1. The van der Waals surface area contributed by atoms with Gasteiger partial charge in [0.05, 0.1) is 18.1 Å². The first kappa shape index (κ1) is 28.1. The maximum atomic E-state index is 12.8. The van der Waals surface area contributed by atoms with E-state index in [1.165, 1.54) is 0 Å². The summed E-state index contributed by atoms with van der Waals surface area (Å²) in [6.45, 7) is 14.2. The van der Waals surface area contributed by atoms with E-state index in [0.717, 1.165) is 26.3 Å². The van der Waals surface area contributed by atoms with Gasteiger partial charge in [0.2, 0.25) is 10.0 Å². The van der Waals surface area contributed by atoms with Crippen LogP contribution in [0.1, 0.15) is 40.2 Å². The van der Waals surface area contributed by atoms with Crippen LogP contribution in [-0.2, 0) is 21.3 Å². The van der Waals surface area contributed by atoms with Crippen LogP contribution in [0.2, 0.25) is 0 Å². The zero-order valence-electron chi connectivity index (χ0n) is 19.5. The molecule has 0 amide bonds. The Bertz CT molecular complexity index is 832. The molecule has 1 aliphatic heterocycles. The predicted molar refractivity (Wildman–Crippen MR) is 137 cm³/mol. The first-order valence-electron chi connectivity index (χ1n) is 10.3. The minimum Gasteiger partial charge on any atom is -0.379 e. The van der Waals surface area contributed by atoms with Crippen molar-refractivity contribution in [2.45, 2.75) is 57.1 Å². The number of hydrogen-bond acceptors (Lipinski definition) is 5. The van der Waals surface area contributed by atoms with Gasteiger partial charge in [0.15, 0.2) is 5.96 Å². The van der Waals surface area contributed by atoms with E-state index >= 15 is 0 Å². The molecule has 0 aromatic heterocycles. The highest BCUT2D eigenvalue weighted by Crippen LogP contribution is 2.18. The van der Waals surface area contributed by atoms with Gasteiger partial charge in [0, 0.05) is 44.3 Å². The number of rotatable bonds is 7. The zero-order chi connectivity index (χ0) is 22.4. The van der Waals surface area contributed by atoms with Crippen molar-refractivity contribution in [3.63, 3.8) is 0 Å². The van der Waals surface area contributed by atoms with Crippen LogP contribution in [0.4, 0.5) is 0 Å². The Labute approximate surface area is 204 Å². The molecular weight excluding hydrogens is 529 g/mol. The Morgan fingerprint density at radius 3 is 2.29 bits per heavy atom. The Hall–Kier alpha value is -0.950. The molecule has 1 aromatic carbocycles. The van der Waals surface area contributed by atoms with Gasteiger partial charge in [0.25, 0.3) is 0 Å². The summed E-state index contributed by atoms with van der Waals surface area (Å²) in [5.41, 5.74) is 0.0750. The summed E-state index contributed by atoms with van der Waals surface area (Å²) in [6.07, 6.45) is 0. The summed E-state index contributed by atoms with van der Waals surface area (Å²) < 4.78 is 33.8. The third-order valence-corrected chi connectivity index (χ3v) is 6.79. The van der Waals surface area contributed by atoms with E-state index in [1.54, 1.807) is 19.2 Å². The number of halogens is 1. The van der Waals surface area contributed by atoms with Gasteiger partial charge < -0.3 is 15.4 Å². The third kappa shape index (κ3) is 8.83. The zero-order valence-corrected chi connectivity index (χ0v) is 22.6. The molecule has 8 nitrogen and oxygen atoms in total. The van der Waals surface area contributed by atoms with Crippen molar-refractivity contribution in [1.82, 2.24) is 20.3 Å². The van der Waals surface area contributed by atoms with E-state index in [4.69, 9.17) is 4.74 Å². The minimum atomic E-state index is -3.62. The fourth-order valence-electron chi connectivity index (χ4n) is 3.35. The summed E-state index contributed by atoms with van der Waals surface area (Å²) in [4.78, 5) is 6.96. The number of aliphatic imine (C=N–C) groups is 1. The molecule has 10 heteroatoms. The Morgan fingerprint density at radius 1 is 1.10 bits per heavy atom. The average Bonchev–Trinajstić information content (AvgIpc) is 2.67. The highest BCUT2D eigenvalue weighted by atomic mass is 127. The summed E-state index contributed by atoms with van der Waals surface area (Å²) in [6, 6.07) is 7.02. The van der Waals surface area contributed by atoms with E-state index in [9.17, 15) is 8.42 Å². The third-order valence-electron chi connectivity index (χ3n) is 4.93. The smallest absolute Gasteiger partial charge is 0.241 e. The van der Waals surface area contributed by atoms with Crippen molar-refractivity contribution < 1.29 is 13.2 Å². The lowest BCUT2D eigenvalue weighted by Crippen LogP contribution is -2.56. The standard InChI is InChI=1S/C21H37N5O3S.HI/c1-20(2,3)25-30(27,28)18-10-8-7-9-17(18)15-23-19(22-6)24-16-21(4,5)26-11-13-29-14-12-26;/h7-10,25H,11-16H2,1-6H3,(H2,22,23,24);1H. The molecule has 2 rings (SSSR count). The summed E-state index contributed by atoms with van der Waals surface area (Å²) >= 11 is 0. The molecule has 0 radical (unpaired) electrons. The normalized spacial score (nSPS) is 16.5. The molecule has 3 N–H and O–H groups in total. The summed E-state index contributed by atoms with van der Waals surface area (Å²) in [5.74, 6) is 0.632. The van der Waals surface area contributed by atoms with E-state index < -0.39 is 15.6 Å². The van der Waals surface area contributed by atoms with Crippen molar-refractivity contribution in [3.8, 4) is 0 Å². The molecule has 0 spiro atoms. The molecule has 0 saturated carbocycles. The van der Waals surface area contributed by atoms with Crippen LogP contribution in [-0.4, -0.2) is 70.3 Å². The molecular formula is C21H38IN5O3S. The Morgan fingerprint density at radius 2 is 1.71 bits per heavy atom. The van der Waals surface area contributed by atoms with Crippen LogP contribution in [0, 0.1) is 0 Å². The van der Waals surface area contributed by atoms with Gasteiger partial charge in [-0.05, 0) is 46.2 Å². The van der Waals surface area contributed by atoms with Gasteiger partial charge >= 0.3 is 0 Å². The molecule has 0 aliphatic carbocycles. The monoisotopic (exact) mass is 567 g/mol. The number of hydrogen-bond donors (Lipinski definition) is 3. The molecule has 1 saturated heterocycles. The number of sulfonamides is 1. The second-order valence-electron chi connectivity index (χ2n) is 9.15. The second-order valence-corrected chi connectivity index (χ2v) is 10.8. The quantitative estimate of drug-likeness (QED) is 0.266. The van der Waals surface area contributed by atoms with E-state index in [2.05, 4.69) is 39.1 Å². The lowest BCUT2D eigenvalue weighted by Gasteiger charge is -2.41. The SMILES string of the molecule is CN=C(NCc1ccccc1S(=O)(=O)NC(C)(C)C)NCC(C)(C)N1CCOCC1.I. The van der Waals surface area contributed by atoms with Crippen molar-refractivity contribution in [2.24, 2.45) is 4.99 Å². The van der Waals surface area contributed by atoms with E-state index in [-0.39, 0.29) is 34.4 Å². The van der Waals surface area contributed by atoms with Crippen molar-refractivity contribution in [3.05, 3.63) is 29.8 Å². The van der Waals surface area contributed by atoms with Gasteiger partial charge in [-0.15, -0.1) is 24.0 Å². The van der Waals surface area contributed by atoms with E-state index in [1.807, 2.05) is 32.9 Å². The molecule has 0 unspecified atom stereocenters. The van der Waals surface area contributed by atoms with Crippen molar-refractivity contribution in [1.29, 1.82) is 0 Å². The maximum Gasteiger partial charge on any atom is 0.241 e. The molecule has 1 fully saturated rings. The molecule has 1 aromatic rings. The van der Waals surface area contributed by atoms with Crippen LogP contribution in [0.25, 0.3) is 0 Å². The molecule has 0 atom stereocenters. The van der Waals surface area contributed by atoms with Crippen molar-refractivity contribution in [2.75, 3.05) is 39.9 Å².